The van der Waals surface area contributed by atoms with Crippen molar-refractivity contribution >= 4 is 21.8 Å². The third-order valence-corrected chi connectivity index (χ3v) is 10.1. The second-order valence-electron chi connectivity index (χ2n) is 13.6. The third-order valence-electron chi connectivity index (χ3n) is 10.1. The number of hydrogen-bond donors (Lipinski definition) is 0. The molecule has 0 atom stereocenters. The molecule has 0 amide bonds. The summed E-state index contributed by atoms with van der Waals surface area (Å²) in [5.74, 6) is 3.48. The normalized spacial score (nSPS) is 11.3. The SMILES string of the molecule is Cc1c(-c2nc(-c3ccccc3)nc(-c3ccccc3)n2)cc(-n2c3ccccc3c3ccccc32)cc1-c1nc(-c2ccccc2)nc(-c2ccccc2)n1. The number of para-hydroxylation sites is 2. The molecule has 0 fully saturated rings. The van der Waals surface area contributed by atoms with Crippen molar-refractivity contribution in [2.45, 2.75) is 6.92 Å². The van der Waals surface area contributed by atoms with Gasteiger partial charge in [0.2, 0.25) is 0 Å². The zero-order valence-electron chi connectivity index (χ0n) is 30.5. The highest BCUT2D eigenvalue weighted by molar-refractivity contribution is 6.09. The van der Waals surface area contributed by atoms with Gasteiger partial charge >= 0.3 is 0 Å². The lowest BCUT2D eigenvalue weighted by Gasteiger charge is -2.17. The van der Waals surface area contributed by atoms with Gasteiger partial charge in [-0.05, 0) is 36.8 Å². The lowest BCUT2D eigenvalue weighted by Crippen LogP contribution is -2.05. The molecule has 7 nitrogen and oxygen atoms in total. The van der Waals surface area contributed by atoms with Crippen LogP contribution in [0.1, 0.15) is 5.56 Å². The van der Waals surface area contributed by atoms with Gasteiger partial charge in [0.1, 0.15) is 0 Å². The molecule has 0 aliphatic carbocycles. The maximum atomic E-state index is 5.19. The number of fused-ring (bicyclic) bond motifs is 3. The van der Waals surface area contributed by atoms with E-state index in [0.29, 0.717) is 34.9 Å². The van der Waals surface area contributed by atoms with Crippen LogP contribution in [0.5, 0.6) is 0 Å². The topological polar surface area (TPSA) is 82.3 Å². The monoisotopic (exact) mass is 719 g/mol. The molecule has 0 aliphatic heterocycles. The average molecular weight is 720 g/mol. The van der Waals surface area contributed by atoms with E-state index in [2.05, 4.69) is 72.2 Å². The predicted molar refractivity (Wildman–Crippen MR) is 225 cm³/mol. The Kier molecular flexibility index (Phi) is 8.22. The van der Waals surface area contributed by atoms with Gasteiger partial charge in [0, 0.05) is 49.8 Å². The van der Waals surface area contributed by atoms with Crippen molar-refractivity contribution in [2.24, 2.45) is 0 Å². The van der Waals surface area contributed by atoms with Crippen molar-refractivity contribution in [2.75, 3.05) is 0 Å². The van der Waals surface area contributed by atoms with E-state index in [1.54, 1.807) is 0 Å². The van der Waals surface area contributed by atoms with Crippen molar-refractivity contribution in [3.8, 4) is 74.0 Å². The minimum atomic E-state index is 0.555. The molecular formula is C49H33N7. The van der Waals surface area contributed by atoms with Gasteiger partial charge in [-0.15, -0.1) is 0 Å². The van der Waals surface area contributed by atoms with Crippen molar-refractivity contribution in [1.82, 2.24) is 34.5 Å². The highest BCUT2D eigenvalue weighted by Gasteiger charge is 2.22. The molecule has 7 aromatic carbocycles. The summed E-state index contributed by atoms with van der Waals surface area (Å²) in [5.41, 5.74) is 9.36. The standard InChI is InChI=1S/C49H33N7/c1-32-40(48-52-44(33-18-6-2-7-19-33)50-45(53-48)34-20-8-3-9-21-34)30-37(56-42-28-16-14-26-38(42)39-27-15-17-29-43(39)56)31-41(32)49-54-46(35-22-10-4-11-23-35)51-47(55-49)36-24-12-5-13-25-36/h2-31H,1H3. The van der Waals surface area contributed by atoms with Crippen LogP contribution in [0.4, 0.5) is 0 Å². The lowest BCUT2D eigenvalue weighted by molar-refractivity contribution is 1.06. The molecule has 56 heavy (non-hydrogen) atoms. The quantitative estimate of drug-likeness (QED) is 0.163. The Morgan fingerprint density at radius 3 is 0.946 bits per heavy atom. The molecule has 7 heteroatoms. The molecule has 3 aromatic heterocycles. The van der Waals surface area contributed by atoms with Gasteiger partial charge in [0.25, 0.3) is 0 Å². The Balaban J connectivity index is 1.29. The average Bonchev–Trinajstić information content (AvgIpc) is 3.62. The van der Waals surface area contributed by atoms with Crippen molar-refractivity contribution in [1.29, 1.82) is 0 Å². The van der Waals surface area contributed by atoms with Gasteiger partial charge in [-0.1, -0.05) is 158 Å². The summed E-state index contributed by atoms with van der Waals surface area (Å²) < 4.78 is 2.31. The van der Waals surface area contributed by atoms with Gasteiger partial charge < -0.3 is 4.57 Å². The molecule has 0 unspecified atom stereocenters. The van der Waals surface area contributed by atoms with Crippen LogP contribution in [0.2, 0.25) is 0 Å². The smallest absolute Gasteiger partial charge is 0.164 e. The van der Waals surface area contributed by atoms with Crippen LogP contribution in [-0.2, 0) is 0 Å². The zero-order chi connectivity index (χ0) is 37.4. The maximum absolute atomic E-state index is 5.19. The lowest BCUT2D eigenvalue weighted by atomic mass is 9.99. The fraction of sp³-hybridized carbons (Fsp3) is 0.0204. The molecule has 0 aliphatic rings. The Labute approximate surface area is 323 Å². The van der Waals surface area contributed by atoms with E-state index < -0.39 is 0 Å². The van der Waals surface area contributed by atoms with Gasteiger partial charge in [-0.2, -0.15) is 0 Å². The first kappa shape index (κ1) is 33.0. The van der Waals surface area contributed by atoms with Gasteiger partial charge in [0.05, 0.1) is 11.0 Å². The van der Waals surface area contributed by atoms with Crippen LogP contribution in [0.25, 0.3) is 95.8 Å². The van der Waals surface area contributed by atoms with Crippen LogP contribution in [0.3, 0.4) is 0 Å². The van der Waals surface area contributed by atoms with Crippen molar-refractivity contribution in [3.63, 3.8) is 0 Å². The van der Waals surface area contributed by atoms with E-state index in [-0.39, 0.29) is 0 Å². The first-order valence-electron chi connectivity index (χ1n) is 18.6. The molecule has 10 aromatic rings. The summed E-state index contributed by atoms with van der Waals surface area (Å²) in [6.45, 7) is 2.10. The summed E-state index contributed by atoms with van der Waals surface area (Å²) >= 11 is 0. The number of nitrogens with zero attached hydrogens (tertiary/aromatic N) is 7. The third kappa shape index (κ3) is 5.97. The highest BCUT2D eigenvalue weighted by Crippen LogP contribution is 2.38. The van der Waals surface area contributed by atoms with Crippen molar-refractivity contribution in [3.05, 3.63) is 188 Å². The second kappa shape index (κ2) is 14.0. The Morgan fingerprint density at radius 2 is 0.607 bits per heavy atom. The molecule has 3 heterocycles. The number of benzene rings is 7. The Hall–Kier alpha value is -7.64. The Bertz CT molecular complexity index is 2700. The van der Waals surface area contributed by atoms with E-state index in [9.17, 15) is 0 Å². The molecule has 0 spiro atoms. The molecule has 0 saturated carbocycles. The molecule has 0 N–H and O–H groups in total. The van der Waals surface area contributed by atoms with Crippen LogP contribution in [0.15, 0.2) is 182 Å². The molecule has 0 bridgehead atoms. The van der Waals surface area contributed by atoms with Crippen LogP contribution >= 0.6 is 0 Å². The fourth-order valence-corrected chi connectivity index (χ4v) is 7.35. The summed E-state index contributed by atoms with van der Waals surface area (Å²) in [7, 11) is 0. The predicted octanol–water partition coefficient (Wildman–Crippen LogP) is 11.5. The molecule has 264 valence electrons. The minimum Gasteiger partial charge on any atom is -0.309 e. The summed E-state index contributed by atoms with van der Waals surface area (Å²) in [6.07, 6.45) is 0. The molecule has 0 saturated heterocycles. The number of hydrogen-bond acceptors (Lipinski definition) is 6. The summed E-state index contributed by atoms with van der Waals surface area (Å²) in [4.78, 5) is 30.7. The fourth-order valence-electron chi connectivity index (χ4n) is 7.35. The number of rotatable bonds is 7. The van der Waals surface area contributed by atoms with Gasteiger partial charge in [-0.25, -0.2) is 29.9 Å². The first-order valence-corrected chi connectivity index (χ1v) is 18.6. The highest BCUT2D eigenvalue weighted by atomic mass is 15.1. The maximum Gasteiger partial charge on any atom is 0.164 e. The van der Waals surface area contributed by atoms with Crippen LogP contribution < -0.4 is 0 Å². The second-order valence-corrected chi connectivity index (χ2v) is 13.6. The minimum absolute atomic E-state index is 0.555. The zero-order valence-corrected chi connectivity index (χ0v) is 30.5. The van der Waals surface area contributed by atoms with E-state index in [4.69, 9.17) is 29.9 Å². The van der Waals surface area contributed by atoms with Crippen LogP contribution in [-0.4, -0.2) is 34.5 Å². The first-order chi connectivity index (χ1) is 27.7. The largest absolute Gasteiger partial charge is 0.309 e. The molecular weight excluding hydrogens is 687 g/mol. The Morgan fingerprint density at radius 1 is 0.321 bits per heavy atom. The van der Waals surface area contributed by atoms with E-state index >= 15 is 0 Å². The molecule has 10 rings (SSSR count). The number of aromatic nitrogens is 7. The van der Waals surface area contributed by atoms with E-state index in [1.165, 1.54) is 10.8 Å². The van der Waals surface area contributed by atoms with Gasteiger partial charge in [0.15, 0.2) is 34.9 Å². The van der Waals surface area contributed by atoms with Crippen molar-refractivity contribution < 1.29 is 0 Å². The molecule has 0 radical (unpaired) electrons. The van der Waals surface area contributed by atoms with Gasteiger partial charge in [-0.3, -0.25) is 0 Å². The van der Waals surface area contributed by atoms with Crippen LogP contribution in [0, 0.1) is 6.92 Å². The summed E-state index contributed by atoms with van der Waals surface area (Å²) in [5, 5.41) is 2.34. The summed E-state index contributed by atoms with van der Waals surface area (Å²) in [6, 6.07) is 61.7. The van der Waals surface area contributed by atoms with E-state index in [1.807, 2.05) is 121 Å². The van der Waals surface area contributed by atoms with E-state index in [0.717, 1.165) is 55.7 Å².